The minimum absolute atomic E-state index is 0.164. The van der Waals surface area contributed by atoms with Gasteiger partial charge >= 0.3 is 11.9 Å². The predicted molar refractivity (Wildman–Crippen MR) is 110 cm³/mol. The van der Waals surface area contributed by atoms with E-state index in [-0.39, 0.29) is 23.8 Å². The van der Waals surface area contributed by atoms with Gasteiger partial charge in [-0.2, -0.15) is 0 Å². The Labute approximate surface area is 169 Å². The molecule has 158 valence electrons. The molecule has 28 heavy (non-hydrogen) atoms. The van der Waals surface area contributed by atoms with Gasteiger partial charge in [-0.15, -0.1) is 0 Å². The molecule has 0 N–H and O–H groups in total. The average Bonchev–Trinajstić information content (AvgIpc) is 3.01. The van der Waals surface area contributed by atoms with Gasteiger partial charge < -0.3 is 9.47 Å². The van der Waals surface area contributed by atoms with Crippen molar-refractivity contribution in [2.75, 3.05) is 7.11 Å². The van der Waals surface area contributed by atoms with Crippen LogP contribution in [0.15, 0.2) is 23.3 Å². The van der Waals surface area contributed by atoms with Gasteiger partial charge in [0.25, 0.3) is 0 Å². The number of unbranched alkanes of at least 4 members (excludes halogenated alkanes) is 5. The Hall–Kier alpha value is -1.91. The summed E-state index contributed by atoms with van der Waals surface area (Å²) in [5.74, 6) is -0.193. The number of ether oxygens (including phenoxy) is 2. The molecule has 0 aromatic heterocycles. The second kappa shape index (κ2) is 14.1. The van der Waals surface area contributed by atoms with Crippen LogP contribution >= 0.6 is 0 Å². The first-order chi connectivity index (χ1) is 13.5. The molecule has 0 aromatic carbocycles. The molecule has 0 saturated carbocycles. The van der Waals surface area contributed by atoms with Gasteiger partial charge in [0.15, 0.2) is 5.78 Å². The van der Waals surface area contributed by atoms with Gasteiger partial charge in [-0.1, -0.05) is 38.7 Å². The third-order valence-electron chi connectivity index (χ3n) is 5.05. The summed E-state index contributed by atoms with van der Waals surface area (Å²) < 4.78 is 10.0. The average molecular weight is 393 g/mol. The van der Waals surface area contributed by atoms with Crippen LogP contribution in [0.25, 0.3) is 0 Å². The van der Waals surface area contributed by atoms with E-state index in [1.54, 1.807) is 0 Å². The van der Waals surface area contributed by atoms with Crippen LogP contribution in [-0.2, 0) is 23.9 Å². The molecule has 0 aliphatic heterocycles. The standard InChI is InChI=1S/C23H36O5/c1-4-5-8-11-20(28-18(2)24)16-14-19-15-17-22(25)21(19)12-9-6-7-10-13-23(26)27-3/h14,16,20H,4-13,15,17H2,1-3H3/b16-14+. The highest BCUT2D eigenvalue weighted by atomic mass is 16.5. The highest BCUT2D eigenvalue weighted by Crippen LogP contribution is 2.28. The Bertz CT molecular complexity index is 574. The summed E-state index contributed by atoms with van der Waals surface area (Å²) in [6.45, 7) is 3.58. The zero-order chi connectivity index (χ0) is 20.8. The first-order valence-corrected chi connectivity index (χ1v) is 10.6. The molecule has 0 heterocycles. The molecular weight excluding hydrogens is 356 g/mol. The lowest BCUT2D eigenvalue weighted by Crippen LogP contribution is -2.13. The quantitative estimate of drug-likeness (QED) is 0.299. The van der Waals surface area contributed by atoms with E-state index in [0.29, 0.717) is 12.8 Å². The number of Topliss-reactive ketones (excluding diaryl/α,β-unsaturated/α-hetero) is 1. The summed E-state index contributed by atoms with van der Waals surface area (Å²) in [5.41, 5.74) is 2.02. The van der Waals surface area contributed by atoms with Gasteiger partial charge in [0, 0.05) is 19.8 Å². The Balaban J connectivity index is 2.54. The zero-order valence-electron chi connectivity index (χ0n) is 17.8. The van der Waals surface area contributed by atoms with Gasteiger partial charge in [0.2, 0.25) is 0 Å². The van der Waals surface area contributed by atoms with Crippen LogP contribution in [0.3, 0.4) is 0 Å². The number of hydrogen-bond donors (Lipinski definition) is 0. The second-order valence-corrected chi connectivity index (χ2v) is 7.42. The molecule has 1 aliphatic rings. The number of allylic oxidation sites excluding steroid dienone is 3. The molecule has 0 saturated heterocycles. The second-order valence-electron chi connectivity index (χ2n) is 7.42. The van der Waals surface area contributed by atoms with Crippen molar-refractivity contribution in [3.8, 4) is 0 Å². The zero-order valence-corrected chi connectivity index (χ0v) is 17.8. The van der Waals surface area contributed by atoms with E-state index >= 15 is 0 Å². The number of carbonyl (C=O) groups is 3. The van der Waals surface area contributed by atoms with Crippen LogP contribution in [-0.4, -0.2) is 30.9 Å². The lowest BCUT2D eigenvalue weighted by Gasteiger charge is -2.13. The SMILES string of the molecule is CCCCCC(/C=C/C1=C(CCCCCCC(=O)OC)C(=O)CC1)OC(C)=O. The molecule has 1 rings (SSSR count). The Kier molecular flexibility index (Phi) is 12.2. The van der Waals surface area contributed by atoms with Crippen molar-refractivity contribution in [2.24, 2.45) is 0 Å². The van der Waals surface area contributed by atoms with E-state index in [1.807, 2.05) is 12.2 Å². The molecule has 0 amide bonds. The van der Waals surface area contributed by atoms with Crippen LogP contribution in [0.1, 0.15) is 90.9 Å². The largest absolute Gasteiger partial charge is 0.469 e. The summed E-state index contributed by atoms with van der Waals surface area (Å²) in [6, 6.07) is 0. The number of hydrogen-bond acceptors (Lipinski definition) is 5. The third kappa shape index (κ3) is 9.86. The summed E-state index contributed by atoms with van der Waals surface area (Å²) in [7, 11) is 1.41. The number of rotatable bonds is 14. The highest BCUT2D eigenvalue weighted by Gasteiger charge is 2.21. The van der Waals surface area contributed by atoms with Crippen molar-refractivity contribution in [3.63, 3.8) is 0 Å². The molecule has 1 aliphatic carbocycles. The van der Waals surface area contributed by atoms with Crippen LogP contribution < -0.4 is 0 Å². The lowest BCUT2D eigenvalue weighted by atomic mass is 10.0. The monoisotopic (exact) mass is 392 g/mol. The number of ketones is 1. The molecule has 0 fully saturated rings. The molecular formula is C23H36O5. The summed E-state index contributed by atoms with van der Waals surface area (Å²) in [4.78, 5) is 34.7. The highest BCUT2D eigenvalue weighted by molar-refractivity contribution is 5.99. The number of methoxy groups -OCH3 is 1. The molecule has 0 aromatic rings. The van der Waals surface area contributed by atoms with Crippen molar-refractivity contribution in [1.29, 1.82) is 0 Å². The first-order valence-electron chi connectivity index (χ1n) is 10.6. The fourth-order valence-corrected chi connectivity index (χ4v) is 3.47. The van der Waals surface area contributed by atoms with Gasteiger partial charge in [-0.05, 0) is 55.7 Å². The van der Waals surface area contributed by atoms with Crippen LogP contribution in [0.2, 0.25) is 0 Å². The number of esters is 2. The predicted octanol–water partition coefficient (Wildman–Crippen LogP) is 5.23. The minimum atomic E-state index is -0.269. The fraction of sp³-hybridized carbons (Fsp3) is 0.696. The fourth-order valence-electron chi connectivity index (χ4n) is 3.47. The van der Waals surface area contributed by atoms with Crippen LogP contribution in [0, 0.1) is 0 Å². The molecule has 5 nitrogen and oxygen atoms in total. The van der Waals surface area contributed by atoms with Gasteiger partial charge in [0.05, 0.1) is 7.11 Å². The van der Waals surface area contributed by atoms with Crippen LogP contribution in [0.5, 0.6) is 0 Å². The normalized spacial score (nSPS) is 15.3. The van der Waals surface area contributed by atoms with E-state index in [1.165, 1.54) is 14.0 Å². The van der Waals surface area contributed by atoms with Crippen molar-refractivity contribution >= 4 is 17.7 Å². The van der Waals surface area contributed by atoms with Gasteiger partial charge in [0.1, 0.15) is 6.10 Å². The Morgan fingerprint density at radius 2 is 1.82 bits per heavy atom. The molecule has 1 unspecified atom stereocenters. The summed E-state index contributed by atoms with van der Waals surface area (Å²) in [5, 5.41) is 0. The minimum Gasteiger partial charge on any atom is -0.469 e. The van der Waals surface area contributed by atoms with E-state index in [4.69, 9.17) is 4.74 Å². The maximum absolute atomic E-state index is 12.2. The first kappa shape index (κ1) is 24.1. The maximum atomic E-state index is 12.2. The molecule has 0 spiro atoms. The van der Waals surface area contributed by atoms with E-state index in [2.05, 4.69) is 11.7 Å². The lowest BCUT2D eigenvalue weighted by molar-refractivity contribution is -0.144. The molecule has 0 bridgehead atoms. The van der Waals surface area contributed by atoms with Crippen LogP contribution in [0.4, 0.5) is 0 Å². The van der Waals surface area contributed by atoms with Crippen molar-refractivity contribution in [1.82, 2.24) is 0 Å². The van der Waals surface area contributed by atoms with Crippen molar-refractivity contribution in [3.05, 3.63) is 23.3 Å². The molecule has 5 heteroatoms. The van der Waals surface area contributed by atoms with E-state index in [9.17, 15) is 14.4 Å². The topological polar surface area (TPSA) is 69.7 Å². The number of carbonyl (C=O) groups excluding carboxylic acids is 3. The van der Waals surface area contributed by atoms with E-state index < -0.39 is 0 Å². The van der Waals surface area contributed by atoms with Crippen molar-refractivity contribution < 1.29 is 23.9 Å². The van der Waals surface area contributed by atoms with Gasteiger partial charge in [-0.3, -0.25) is 14.4 Å². The molecule has 0 radical (unpaired) electrons. The third-order valence-corrected chi connectivity index (χ3v) is 5.05. The maximum Gasteiger partial charge on any atom is 0.305 e. The molecule has 1 atom stereocenters. The van der Waals surface area contributed by atoms with Crippen molar-refractivity contribution in [2.45, 2.75) is 97.0 Å². The van der Waals surface area contributed by atoms with E-state index in [0.717, 1.165) is 75.4 Å². The summed E-state index contributed by atoms with van der Waals surface area (Å²) in [6.07, 6.45) is 14.1. The van der Waals surface area contributed by atoms with Gasteiger partial charge in [-0.25, -0.2) is 0 Å². The Morgan fingerprint density at radius 3 is 2.50 bits per heavy atom. The summed E-state index contributed by atoms with van der Waals surface area (Å²) >= 11 is 0. The smallest absolute Gasteiger partial charge is 0.305 e. The Morgan fingerprint density at radius 1 is 1.07 bits per heavy atom.